The van der Waals surface area contributed by atoms with Crippen LogP contribution in [0.25, 0.3) is 16.7 Å². The van der Waals surface area contributed by atoms with Crippen LogP contribution in [0.15, 0.2) is 48.8 Å². The highest BCUT2D eigenvalue weighted by Gasteiger charge is 2.25. The molecule has 0 radical (unpaired) electrons. The Balaban J connectivity index is 1.35. The fraction of sp³-hybridized carbons (Fsp3) is 0.400. The standard InChI is InChI=1S/C25H30N4O5/c1-27(2)24(30)19-4-6-22-18(16-19)8-13-29(22)23-7-5-21(17-26-23)34-20-9-11-28(12-10-20)25(31)33-15-14-32-3/h4-8,13,16-17,20H,9-12,14-15H2,1-3H3. The van der Waals surface area contributed by atoms with Crippen molar-refractivity contribution in [3.05, 3.63) is 54.4 Å². The first-order valence-corrected chi connectivity index (χ1v) is 11.3. The molecule has 34 heavy (non-hydrogen) atoms. The second-order valence-corrected chi connectivity index (χ2v) is 8.42. The number of fused-ring (bicyclic) bond motifs is 1. The third-order valence-electron chi connectivity index (χ3n) is 5.83. The van der Waals surface area contributed by atoms with E-state index in [1.165, 1.54) is 0 Å². The number of aromatic nitrogens is 2. The fourth-order valence-electron chi connectivity index (χ4n) is 3.97. The SMILES string of the molecule is COCCOC(=O)N1CCC(Oc2ccc(-n3ccc4cc(C(=O)N(C)C)ccc43)nc2)CC1. The average Bonchev–Trinajstić information content (AvgIpc) is 3.28. The Kier molecular flexibility index (Phi) is 7.32. The molecule has 0 spiro atoms. The van der Waals surface area contributed by atoms with E-state index >= 15 is 0 Å². The average molecular weight is 467 g/mol. The number of piperidine rings is 1. The zero-order valence-corrected chi connectivity index (χ0v) is 19.8. The summed E-state index contributed by atoms with van der Waals surface area (Å²) in [5.74, 6) is 1.44. The van der Waals surface area contributed by atoms with E-state index < -0.39 is 0 Å². The van der Waals surface area contributed by atoms with Gasteiger partial charge in [-0.05, 0) is 36.4 Å². The monoisotopic (exact) mass is 466 g/mol. The second-order valence-electron chi connectivity index (χ2n) is 8.42. The lowest BCUT2D eigenvalue weighted by Gasteiger charge is -2.31. The van der Waals surface area contributed by atoms with Gasteiger partial charge in [0, 0.05) is 64.3 Å². The van der Waals surface area contributed by atoms with Crippen LogP contribution in [0.3, 0.4) is 0 Å². The number of likely N-dealkylation sites (tertiary alicyclic amines) is 1. The van der Waals surface area contributed by atoms with Crippen molar-refractivity contribution in [2.45, 2.75) is 18.9 Å². The Morgan fingerprint density at radius 1 is 1.09 bits per heavy atom. The maximum atomic E-state index is 12.2. The summed E-state index contributed by atoms with van der Waals surface area (Å²) in [7, 11) is 5.06. The molecule has 0 aliphatic carbocycles. The van der Waals surface area contributed by atoms with Crippen molar-refractivity contribution in [3.63, 3.8) is 0 Å². The molecule has 2 aromatic heterocycles. The molecule has 0 bridgehead atoms. The van der Waals surface area contributed by atoms with E-state index in [9.17, 15) is 9.59 Å². The van der Waals surface area contributed by atoms with Crippen molar-refractivity contribution >= 4 is 22.9 Å². The highest BCUT2D eigenvalue weighted by Crippen LogP contribution is 2.24. The lowest BCUT2D eigenvalue weighted by molar-refractivity contribution is 0.0514. The van der Waals surface area contributed by atoms with Gasteiger partial charge in [-0.3, -0.25) is 4.79 Å². The largest absolute Gasteiger partial charge is 0.489 e. The summed E-state index contributed by atoms with van der Waals surface area (Å²) in [6.45, 7) is 1.84. The second kappa shape index (κ2) is 10.6. The molecule has 0 unspecified atom stereocenters. The number of amides is 2. The van der Waals surface area contributed by atoms with Gasteiger partial charge in [0.05, 0.1) is 18.3 Å². The lowest BCUT2D eigenvalue weighted by atomic mass is 10.1. The Morgan fingerprint density at radius 2 is 1.88 bits per heavy atom. The van der Waals surface area contributed by atoms with Gasteiger partial charge in [0.15, 0.2) is 0 Å². The van der Waals surface area contributed by atoms with Crippen LogP contribution in [0.1, 0.15) is 23.2 Å². The molecule has 3 aromatic rings. The van der Waals surface area contributed by atoms with E-state index in [-0.39, 0.29) is 24.7 Å². The first kappa shape index (κ1) is 23.6. The van der Waals surface area contributed by atoms with Gasteiger partial charge in [0.25, 0.3) is 5.91 Å². The Morgan fingerprint density at radius 3 is 2.56 bits per heavy atom. The zero-order valence-electron chi connectivity index (χ0n) is 19.8. The van der Waals surface area contributed by atoms with Gasteiger partial charge < -0.3 is 28.6 Å². The molecule has 4 rings (SSSR count). The van der Waals surface area contributed by atoms with Crippen LogP contribution in [0.2, 0.25) is 0 Å². The summed E-state index contributed by atoms with van der Waals surface area (Å²) in [5.41, 5.74) is 1.63. The fourth-order valence-corrected chi connectivity index (χ4v) is 3.97. The molecular formula is C25H30N4O5. The van der Waals surface area contributed by atoms with Gasteiger partial charge in [0.1, 0.15) is 24.3 Å². The van der Waals surface area contributed by atoms with Crippen molar-refractivity contribution in [1.29, 1.82) is 0 Å². The minimum Gasteiger partial charge on any atom is -0.489 e. The molecule has 9 nitrogen and oxygen atoms in total. The van der Waals surface area contributed by atoms with Gasteiger partial charge >= 0.3 is 6.09 Å². The van der Waals surface area contributed by atoms with Crippen molar-refractivity contribution in [1.82, 2.24) is 19.4 Å². The van der Waals surface area contributed by atoms with Crippen LogP contribution in [-0.2, 0) is 9.47 Å². The minimum atomic E-state index is -0.307. The maximum absolute atomic E-state index is 12.2. The van der Waals surface area contributed by atoms with E-state index in [4.69, 9.17) is 14.2 Å². The number of hydrogen-bond donors (Lipinski definition) is 0. The molecule has 1 aliphatic heterocycles. The van der Waals surface area contributed by atoms with Gasteiger partial charge in [-0.2, -0.15) is 0 Å². The Labute approximate surface area is 198 Å². The number of benzene rings is 1. The topological polar surface area (TPSA) is 86.1 Å². The molecule has 1 aliphatic rings. The first-order valence-electron chi connectivity index (χ1n) is 11.3. The molecule has 0 saturated carbocycles. The number of ether oxygens (including phenoxy) is 3. The van der Waals surface area contributed by atoms with Crippen molar-refractivity contribution in [2.75, 3.05) is 47.5 Å². The van der Waals surface area contributed by atoms with Gasteiger partial charge in [-0.25, -0.2) is 9.78 Å². The summed E-state index contributed by atoms with van der Waals surface area (Å²) in [6.07, 6.45) is 4.85. The van der Waals surface area contributed by atoms with E-state index in [0.29, 0.717) is 31.0 Å². The maximum Gasteiger partial charge on any atom is 0.409 e. The van der Waals surface area contributed by atoms with Crippen LogP contribution in [0, 0.1) is 0 Å². The van der Waals surface area contributed by atoms with E-state index in [2.05, 4.69) is 4.98 Å². The summed E-state index contributed by atoms with van der Waals surface area (Å²) in [6, 6.07) is 11.5. The summed E-state index contributed by atoms with van der Waals surface area (Å²) in [4.78, 5) is 32.1. The quantitative estimate of drug-likeness (QED) is 0.497. The van der Waals surface area contributed by atoms with Gasteiger partial charge in [0.2, 0.25) is 0 Å². The minimum absolute atomic E-state index is 0.0238. The molecule has 0 atom stereocenters. The highest BCUT2D eigenvalue weighted by atomic mass is 16.6. The molecule has 9 heteroatoms. The summed E-state index contributed by atoms with van der Waals surface area (Å²) in [5, 5.41) is 0.974. The Hall–Kier alpha value is -3.59. The first-order chi connectivity index (χ1) is 16.5. The number of methoxy groups -OCH3 is 1. The van der Waals surface area contributed by atoms with Crippen molar-refractivity contribution < 1.29 is 23.8 Å². The van der Waals surface area contributed by atoms with Crippen LogP contribution < -0.4 is 4.74 Å². The van der Waals surface area contributed by atoms with Crippen molar-refractivity contribution in [2.24, 2.45) is 0 Å². The number of rotatable bonds is 7. The number of hydrogen-bond acceptors (Lipinski definition) is 6. The van der Waals surface area contributed by atoms with E-state index in [1.54, 1.807) is 37.2 Å². The predicted molar refractivity (Wildman–Crippen MR) is 128 cm³/mol. The molecule has 1 fully saturated rings. The van der Waals surface area contributed by atoms with E-state index in [0.717, 1.165) is 29.6 Å². The lowest BCUT2D eigenvalue weighted by Crippen LogP contribution is -2.42. The number of carbonyl (C=O) groups excluding carboxylic acids is 2. The predicted octanol–water partition coefficient (Wildman–Crippen LogP) is 3.35. The zero-order chi connectivity index (χ0) is 24.1. The van der Waals surface area contributed by atoms with E-state index in [1.807, 2.05) is 47.2 Å². The number of carbonyl (C=O) groups is 2. The molecule has 180 valence electrons. The van der Waals surface area contributed by atoms with Gasteiger partial charge in [-0.1, -0.05) is 0 Å². The van der Waals surface area contributed by atoms with Gasteiger partial charge in [-0.15, -0.1) is 0 Å². The summed E-state index contributed by atoms with van der Waals surface area (Å²) >= 11 is 0. The normalized spacial score (nSPS) is 14.3. The molecule has 0 N–H and O–H groups in total. The van der Waals surface area contributed by atoms with Crippen LogP contribution in [0.4, 0.5) is 4.79 Å². The molecule has 3 heterocycles. The van der Waals surface area contributed by atoms with Crippen LogP contribution >= 0.6 is 0 Å². The summed E-state index contributed by atoms with van der Waals surface area (Å²) < 4.78 is 18.1. The number of nitrogens with zero attached hydrogens (tertiary/aromatic N) is 4. The third-order valence-corrected chi connectivity index (χ3v) is 5.83. The highest BCUT2D eigenvalue weighted by molar-refractivity contribution is 5.98. The smallest absolute Gasteiger partial charge is 0.409 e. The molecule has 1 aromatic carbocycles. The number of pyridine rings is 1. The van der Waals surface area contributed by atoms with Crippen LogP contribution in [0.5, 0.6) is 5.75 Å². The Bertz CT molecular complexity index is 1130. The van der Waals surface area contributed by atoms with Crippen LogP contribution in [-0.4, -0.2) is 85.0 Å². The molecule has 2 amide bonds. The molecular weight excluding hydrogens is 436 g/mol. The third kappa shape index (κ3) is 5.31. The molecule has 1 saturated heterocycles. The van der Waals surface area contributed by atoms with Crippen molar-refractivity contribution in [3.8, 4) is 11.6 Å².